The maximum Gasteiger partial charge on any atom is 0.230 e. The Morgan fingerprint density at radius 2 is 2.33 bits per heavy atom. The third kappa shape index (κ3) is 4.30. The van der Waals surface area contributed by atoms with Crippen molar-refractivity contribution in [3.05, 3.63) is 21.9 Å². The number of aryl methyl sites for hydroxylation is 1. The third-order valence-electron chi connectivity index (χ3n) is 3.15. The minimum absolute atomic E-state index is 0.159. The van der Waals surface area contributed by atoms with Crippen molar-refractivity contribution >= 4 is 29.0 Å². The first-order valence-electron chi connectivity index (χ1n) is 6.37. The molecule has 100 valence electrons. The van der Waals surface area contributed by atoms with Crippen LogP contribution in [0.25, 0.3) is 0 Å². The Balaban J connectivity index is 1.64. The summed E-state index contributed by atoms with van der Waals surface area (Å²) in [4.78, 5) is 13.0. The van der Waals surface area contributed by atoms with E-state index in [-0.39, 0.29) is 5.91 Å². The van der Waals surface area contributed by atoms with Crippen molar-refractivity contribution in [2.75, 3.05) is 18.8 Å². The topological polar surface area (TPSA) is 41.1 Å². The molecular formula is C13H20N2OS2. The van der Waals surface area contributed by atoms with E-state index in [1.807, 2.05) is 0 Å². The summed E-state index contributed by atoms with van der Waals surface area (Å²) in [7, 11) is 0. The van der Waals surface area contributed by atoms with Crippen LogP contribution in [0.4, 0.5) is 0 Å². The molecule has 2 heterocycles. The summed E-state index contributed by atoms with van der Waals surface area (Å²) in [5.41, 5.74) is 1.27. The highest BCUT2D eigenvalue weighted by molar-refractivity contribution is 8.00. The quantitative estimate of drug-likeness (QED) is 0.870. The SMILES string of the molecule is Cc1ccsc1CNC(=O)CSC1CCNCC1. The molecule has 1 saturated heterocycles. The zero-order chi connectivity index (χ0) is 12.8. The minimum atomic E-state index is 0.159. The standard InChI is InChI=1S/C13H20N2OS2/c1-10-4-7-17-12(10)8-15-13(16)9-18-11-2-5-14-6-3-11/h4,7,11,14H,2-3,5-6,8-9H2,1H3,(H,15,16). The summed E-state index contributed by atoms with van der Waals surface area (Å²) in [5.74, 6) is 0.751. The molecule has 0 saturated carbocycles. The molecule has 18 heavy (non-hydrogen) atoms. The summed E-state index contributed by atoms with van der Waals surface area (Å²) >= 11 is 3.51. The number of thioether (sulfide) groups is 1. The smallest absolute Gasteiger partial charge is 0.230 e. The number of piperidine rings is 1. The highest BCUT2D eigenvalue weighted by atomic mass is 32.2. The Morgan fingerprint density at radius 1 is 1.56 bits per heavy atom. The van der Waals surface area contributed by atoms with Gasteiger partial charge in [-0.3, -0.25) is 4.79 Å². The molecule has 3 nitrogen and oxygen atoms in total. The first kappa shape index (κ1) is 13.9. The second-order valence-corrected chi connectivity index (χ2v) is 6.85. The van der Waals surface area contributed by atoms with E-state index in [1.54, 1.807) is 23.1 Å². The summed E-state index contributed by atoms with van der Waals surface area (Å²) in [6, 6.07) is 2.09. The van der Waals surface area contributed by atoms with E-state index in [2.05, 4.69) is 29.0 Å². The number of thiophene rings is 1. The number of amides is 1. The molecule has 0 spiro atoms. The van der Waals surface area contributed by atoms with Gasteiger partial charge >= 0.3 is 0 Å². The molecule has 1 aliphatic heterocycles. The number of rotatable bonds is 5. The van der Waals surface area contributed by atoms with E-state index in [4.69, 9.17) is 0 Å². The average Bonchev–Trinajstić information content (AvgIpc) is 2.81. The molecule has 1 aromatic rings. The predicted molar refractivity (Wildman–Crippen MR) is 79.3 cm³/mol. The van der Waals surface area contributed by atoms with Crippen molar-refractivity contribution in [2.45, 2.75) is 31.6 Å². The van der Waals surface area contributed by atoms with Crippen LogP contribution in [0.2, 0.25) is 0 Å². The van der Waals surface area contributed by atoms with E-state index >= 15 is 0 Å². The van der Waals surface area contributed by atoms with Gasteiger partial charge in [0.2, 0.25) is 5.91 Å². The summed E-state index contributed by atoms with van der Waals surface area (Å²) in [6.45, 7) is 4.94. The first-order valence-corrected chi connectivity index (χ1v) is 8.30. The third-order valence-corrected chi connectivity index (χ3v) is 5.55. The molecule has 1 aliphatic rings. The molecule has 2 N–H and O–H groups in total. The molecule has 1 aromatic heterocycles. The van der Waals surface area contributed by atoms with Gasteiger partial charge in [0, 0.05) is 10.1 Å². The van der Waals surface area contributed by atoms with Gasteiger partial charge in [0.05, 0.1) is 12.3 Å². The number of carbonyl (C=O) groups excluding carboxylic acids is 1. The van der Waals surface area contributed by atoms with Crippen LogP contribution < -0.4 is 10.6 Å². The van der Waals surface area contributed by atoms with Crippen LogP contribution >= 0.6 is 23.1 Å². The molecule has 2 rings (SSSR count). The van der Waals surface area contributed by atoms with Gasteiger partial charge in [0.1, 0.15) is 0 Å². The van der Waals surface area contributed by atoms with Gasteiger partial charge in [-0.1, -0.05) is 0 Å². The molecule has 0 unspecified atom stereocenters. The zero-order valence-electron chi connectivity index (χ0n) is 10.7. The van der Waals surface area contributed by atoms with E-state index in [1.165, 1.54) is 23.3 Å². The zero-order valence-corrected chi connectivity index (χ0v) is 12.3. The van der Waals surface area contributed by atoms with Gasteiger partial charge < -0.3 is 10.6 Å². The Labute approximate surface area is 117 Å². The van der Waals surface area contributed by atoms with Crippen LogP contribution in [-0.4, -0.2) is 30.0 Å². The van der Waals surface area contributed by atoms with Gasteiger partial charge in [-0.2, -0.15) is 0 Å². The summed E-state index contributed by atoms with van der Waals surface area (Å²) in [5, 5.41) is 9.06. The summed E-state index contributed by atoms with van der Waals surface area (Å²) in [6.07, 6.45) is 2.37. The lowest BCUT2D eigenvalue weighted by atomic mass is 10.2. The fourth-order valence-corrected chi connectivity index (χ4v) is 3.87. The second-order valence-electron chi connectivity index (χ2n) is 4.56. The molecule has 1 fully saturated rings. The van der Waals surface area contributed by atoms with Crippen molar-refractivity contribution in [3.8, 4) is 0 Å². The maximum absolute atomic E-state index is 11.7. The van der Waals surface area contributed by atoms with Crippen molar-refractivity contribution < 1.29 is 4.79 Å². The second kappa shape index (κ2) is 7.16. The van der Waals surface area contributed by atoms with Gasteiger partial charge in [0.25, 0.3) is 0 Å². The lowest BCUT2D eigenvalue weighted by Crippen LogP contribution is -2.31. The van der Waals surface area contributed by atoms with E-state index in [0.717, 1.165) is 13.1 Å². The highest BCUT2D eigenvalue weighted by Gasteiger charge is 2.14. The van der Waals surface area contributed by atoms with E-state index in [9.17, 15) is 4.79 Å². The number of hydrogen-bond donors (Lipinski definition) is 2. The lowest BCUT2D eigenvalue weighted by Gasteiger charge is -2.21. The van der Waals surface area contributed by atoms with E-state index < -0.39 is 0 Å². The van der Waals surface area contributed by atoms with Crippen molar-refractivity contribution in [1.29, 1.82) is 0 Å². The molecule has 0 bridgehead atoms. The first-order chi connectivity index (χ1) is 8.75. The van der Waals surface area contributed by atoms with Gasteiger partial charge in [-0.15, -0.1) is 23.1 Å². The van der Waals surface area contributed by atoms with Crippen LogP contribution in [0.15, 0.2) is 11.4 Å². The van der Waals surface area contributed by atoms with Crippen molar-refractivity contribution in [2.24, 2.45) is 0 Å². The molecule has 1 amide bonds. The largest absolute Gasteiger partial charge is 0.350 e. The Morgan fingerprint density at radius 3 is 3.00 bits per heavy atom. The van der Waals surface area contributed by atoms with Crippen LogP contribution in [0.1, 0.15) is 23.3 Å². The molecule has 5 heteroatoms. The fraction of sp³-hybridized carbons (Fsp3) is 0.615. The Kier molecular flexibility index (Phi) is 5.53. The van der Waals surface area contributed by atoms with Crippen molar-refractivity contribution in [3.63, 3.8) is 0 Å². The fourth-order valence-electron chi connectivity index (χ4n) is 1.97. The van der Waals surface area contributed by atoms with Crippen LogP contribution in [-0.2, 0) is 11.3 Å². The molecule has 0 radical (unpaired) electrons. The van der Waals surface area contributed by atoms with Crippen LogP contribution in [0.3, 0.4) is 0 Å². The van der Waals surface area contributed by atoms with Crippen LogP contribution in [0, 0.1) is 6.92 Å². The van der Waals surface area contributed by atoms with Crippen molar-refractivity contribution in [1.82, 2.24) is 10.6 Å². The molecule has 0 aromatic carbocycles. The van der Waals surface area contributed by atoms with Crippen LogP contribution in [0.5, 0.6) is 0 Å². The van der Waals surface area contributed by atoms with Gasteiger partial charge in [0.15, 0.2) is 0 Å². The number of hydrogen-bond acceptors (Lipinski definition) is 4. The van der Waals surface area contributed by atoms with Gasteiger partial charge in [-0.25, -0.2) is 0 Å². The molecular weight excluding hydrogens is 264 g/mol. The predicted octanol–water partition coefficient (Wildman–Crippen LogP) is 2.16. The Hall–Kier alpha value is -0.520. The summed E-state index contributed by atoms with van der Waals surface area (Å²) < 4.78 is 0. The molecule has 0 aliphatic carbocycles. The highest BCUT2D eigenvalue weighted by Crippen LogP contribution is 2.20. The maximum atomic E-state index is 11.7. The number of carbonyl (C=O) groups is 1. The molecule has 0 atom stereocenters. The monoisotopic (exact) mass is 284 g/mol. The number of nitrogens with one attached hydrogen (secondary N) is 2. The normalized spacial score (nSPS) is 16.7. The van der Waals surface area contributed by atoms with Gasteiger partial charge in [-0.05, 0) is 49.9 Å². The minimum Gasteiger partial charge on any atom is -0.350 e. The lowest BCUT2D eigenvalue weighted by molar-refractivity contribution is -0.118. The van der Waals surface area contributed by atoms with E-state index in [0.29, 0.717) is 17.5 Å². The average molecular weight is 284 g/mol. The Bertz CT molecular complexity index is 386.